The van der Waals surface area contributed by atoms with Crippen LogP contribution in [0.15, 0.2) is 24.3 Å². The summed E-state index contributed by atoms with van der Waals surface area (Å²) in [5, 5.41) is 3.39. The summed E-state index contributed by atoms with van der Waals surface area (Å²) in [6.07, 6.45) is 3.67. The molecule has 2 rings (SSSR count). The first-order valence-electron chi connectivity index (χ1n) is 6.38. The Morgan fingerprint density at radius 1 is 1.35 bits per heavy atom. The fraction of sp³-hybridized carbons (Fsp3) is 0.571. The van der Waals surface area contributed by atoms with E-state index in [4.69, 9.17) is 4.74 Å². The molecule has 3 heteroatoms. The van der Waals surface area contributed by atoms with Crippen molar-refractivity contribution in [1.82, 2.24) is 5.32 Å². The smallest absolute Gasteiger partial charge is 0.126 e. The third-order valence-corrected chi connectivity index (χ3v) is 3.40. The van der Waals surface area contributed by atoms with Crippen LogP contribution in [0.25, 0.3) is 0 Å². The first-order valence-corrected chi connectivity index (χ1v) is 6.38. The molecule has 1 aromatic carbocycles. The highest BCUT2D eigenvalue weighted by atomic mass is 19.1. The van der Waals surface area contributed by atoms with Crippen LogP contribution in [0.5, 0.6) is 5.75 Å². The summed E-state index contributed by atoms with van der Waals surface area (Å²) in [4.78, 5) is 0. The number of halogens is 1. The average Bonchev–Trinajstić information content (AvgIpc) is 2.57. The zero-order valence-corrected chi connectivity index (χ0v) is 10.3. The number of rotatable bonds is 3. The van der Waals surface area contributed by atoms with E-state index in [0.717, 1.165) is 19.5 Å². The van der Waals surface area contributed by atoms with Crippen LogP contribution in [0.1, 0.15) is 26.2 Å². The second-order valence-electron chi connectivity index (χ2n) is 4.72. The normalized spacial score (nSPS) is 22.8. The van der Waals surface area contributed by atoms with Crippen LogP contribution in [0, 0.1) is 11.7 Å². The van der Waals surface area contributed by atoms with Crippen LogP contribution >= 0.6 is 0 Å². The molecule has 0 aromatic heterocycles. The minimum absolute atomic E-state index is 0.150. The van der Waals surface area contributed by atoms with Gasteiger partial charge in [-0.3, -0.25) is 0 Å². The summed E-state index contributed by atoms with van der Waals surface area (Å²) in [7, 11) is 0. The molecule has 94 valence electrons. The lowest BCUT2D eigenvalue weighted by Gasteiger charge is -2.23. The molecule has 0 bridgehead atoms. The maximum Gasteiger partial charge on any atom is 0.126 e. The Morgan fingerprint density at radius 2 is 2.24 bits per heavy atom. The van der Waals surface area contributed by atoms with E-state index in [1.165, 1.54) is 25.0 Å². The molecule has 2 nitrogen and oxygen atoms in total. The first kappa shape index (κ1) is 12.4. The Kier molecular flexibility index (Phi) is 4.37. The molecule has 1 saturated heterocycles. The molecule has 0 radical (unpaired) electrons. The summed E-state index contributed by atoms with van der Waals surface area (Å²) < 4.78 is 18.9. The summed E-state index contributed by atoms with van der Waals surface area (Å²) in [5.74, 6) is 0.959. The number of hydrogen-bond acceptors (Lipinski definition) is 2. The number of nitrogens with one attached hydrogen (secondary N) is 1. The van der Waals surface area contributed by atoms with Gasteiger partial charge < -0.3 is 10.1 Å². The lowest BCUT2D eigenvalue weighted by atomic mass is 9.95. The first-order chi connectivity index (χ1) is 8.25. The van der Waals surface area contributed by atoms with Crippen molar-refractivity contribution in [3.63, 3.8) is 0 Å². The van der Waals surface area contributed by atoms with Crippen molar-refractivity contribution in [3.8, 4) is 5.75 Å². The molecule has 0 aliphatic carbocycles. The van der Waals surface area contributed by atoms with Crippen LogP contribution in [0.2, 0.25) is 0 Å². The zero-order chi connectivity index (χ0) is 12.1. The highest BCUT2D eigenvalue weighted by molar-refractivity contribution is 5.22. The van der Waals surface area contributed by atoms with E-state index < -0.39 is 0 Å². The van der Waals surface area contributed by atoms with Crippen LogP contribution in [0.4, 0.5) is 4.39 Å². The Balaban J connectivity index is 1.93. The molecule has 1 fully saturated rings. The van der Waals surface area contributed by atoms with E-state index in [0.29, 0.717) is 11.7 Å². The Hall–Kier alpha value is -1.09. The van der Waals surface area contributed by atoms with Gasteiger partial charge in [0, 0.05) is 6.07 Å². The fourth-order valence-corrected chi connectivity index (χ4v) is 2.37. The third kappa shape index (κ3) is 3.70. The average molecular weight is 237 g/mol. The van der Waals surface area contributed by atoms with Gasteiger partial charge in [-0.05, 0) is 57.3 Å². The molecule has 0 saturated carbocycles. The van der Waals surface area contributed by atoms with Gasteiger partial charge in [0.15, 0.2) is 0 Å². The molecule has 17 heavy (non-hydrogen) atoms. The number of ether oxygens (including phenoxy) is 1. The molecular weight excluding hydrogens is 217 g/mol. The second kappa shape index (κ2) is 6.01. The largest absolute Gasteiger partial charge is 0.490 e. The highest BCUT2D eigenvalue weighted by Crippen LogP contribution is 2.23. The monoisotopic (exact) mass is 237 g/mol. The van der Waals surface area contributed by atoms with Crippen molar-refractivity contribution in [2.24, 2.45) is 5.92 Å². The molecule has 2 unspecified atom stereocenters. The molecule has 2 atom stereocenters. The fourth-order valence-electron chi connectivity index (χ4n) is 2.37. The molecule has 0 spiro atoms. The minimum atomic E-state index is -0.239. The SMILES string of the molecule is CC(Oc1cccc(F)c1)C1CCCNCC1. The van der Waals surface area contributed by atoms with Crippen LogP contribution in [-0.2, 0) is 0 Å². The van der Waals surface area contributed by atoms with Gasteiger partial charge in [-0.2, -0.15) is 0 Å². The van der Waals surface area contributed by atoms with E-state index in [1.54, 1.807) is 6.07 Å². The zero-order valence-electron chi connectivity index (χ0n) is 10.3. The third-order valence-electron chi connectivity index (χ3n) is 3.40. The lowest BCUT2D eigenvalue weighted by Crippen LogP contribution is -2.25. The predicted octanol–water partition coefficient (Wildman–Crippen LogP) is 2.98. The van der Waals surface area contributed by atoms with Crippen molar-refractivity contribution in [1.29, 1.82) is 0 Å². The molecule has 1 heterocycles. The van der Waals surface area contributed by atoms with Gasteiger partial charge in [0.25, 0.3) is 0 Å². The predicted molar refractivity (Wildman–Crippen MR) is 66.7 cm³/mol. The topological polar surface area (TPSA) is 21.3 Å². The van der Waals surface area contributed by atoms with E-state index in [2.05, 4.69) is 12.2 Å². The minimum Gasteiger partial charge on any atom is -0.490 e. The summed E-state index contributed by atoms with van der Waals surface area (Å²) in [6, 6.07) is 6.39. The van der Waals surface area contributed by atoms with Crippen molar-refractivity contribution >= 4 is 0 Å². The Bertz CT molecular complexity index is 348. The van der Waals surface area contributed by atoms with Crippen molar-refractivity contribution in [2.75, 3.05) is 13.1 Å². The van der Waals surface area contributed by atoms with Crippen molar-refractivity contribution in [2.45, 2.75) is 32.3 Å². The molecule has 1 aliphatic rings. The van der Waals surface area contributed by atoms with Gasteiger partial charge in [-0.15, -0.1) is 0 Å². The molecule has 0 amide bonds. The van der Waals surface area contributed by atoms with E-state index in [-0.39, 0.29) is 11.9 Å². The summed E-state index contributed by atoms with van der Waals surface area (Å²) >= 11 is 0. The standard InChI is InChI=1S/C14H20FNO/c1-11(12-4-3-8-16-9-7-12)17-14-6-2-5-13(15)10-14/h2,5-6,10-12,16H,3-4,7-9H2,1H3. The van der Waals surface area contributed by atoms with E-state index in [9.17, 15) is 4.39 Å². The van der Waals surface area contributed by atoms with Gasteiger partial charge in [0.05, 0.1) is 6.10 Å². The highest BCUT2D eigenvalue weighted by Gasteiger charge is 2.20. The Morgan fingerprint density at radius 3 is 3.06 bits per heavy atom. The van der Waals surface area contributed by atoms with E-state index in [1.807, 2.05) is 6.07 Å². The quantitative estimate of drug-likeness (QED) is 0.872. The van der Waals surface area contributed by atoms with E-state index >= 15 is 0 Å². The molecular formula is C14H20FNO. The van der Waals surface area contributed by atoms with Gasteiger partial charge >= 0.3 is 0 Å². The Labute approximate surface area is 102 Å². The number of benzene rings is 1. The molecule has 1 aromatic rings. The maximum absolute atomic E-state index is 13.0. The maximum atomic E-state index is 13.0. The van der Waals surface area contributed by atoms with Crippen LogP contribution in [0.3, 0.4) is 0 Å². The van der Waals surface area contributed by atoms with Crippen LogP contribution in [-0.4, -0.2) is 19.2 Å². The summed E-state index contributed by atoms with van der Waals surface area (Å²) in [6.45, 7) is 4.24. The lowest BCUT2D eigenvalue weighted by molar-refractivity contribution is 0.141. The molecule has 1 aliphatic heterocycles. The van der Waals surface area contributed by atoms with Crippen LogP contribution < -0.4 is 10.1 Å². The van der Waals surface area contributed by atoms with Crippen molar-refractivity contribution in [3.05, 3.63) is 30.1 Å². The van der Waals surface area contributed by atoms with Gasteiger partial charge in [0.1, 0.15) is 11.6 Å². The second-order valence-corrected chi connectivity index (χ2v) is 4.72. The number of hydrogen-bond donors (Lipinski definition) is 1. The van der Waals surface area contributed by atoms with Gasteiger partial charge in [-0.1, -0.05) is 6.07 Å². The summed E-state index contributed by atoms with van der Waals surface area (Å²) in [5.41, 5.74) is 0. The van der Waals surface area contributed by atoms with Gasteiger partial charge in [-0.25, -0.2) is 4.39 Å². The van der Waals surface area contributed by atoms with Gasteiger partial charge in [0.2, 0.25) is 0 Å². The molecule has 1 N–H and O–H groups in total. The van der Waals surface area contributed by atoms with Crippen molar-refractivity contribution < 1.29 is 9.13 Å².